The highest BCUT2D eigenvalue weighted by atomic mass is 16.6. The van der Waals surface area contributed by atoms with Gasteiger partial charge in [-0.3, -0.25) is 15.2 Å². The lowest BCUT2D eigenvalue weighted by Crippen LogP contribution is -2.37. The predicted molar refractivity (Wildman–Crippen MR) is 109 cm³/mol. The third-order valence-electron chi connectivity index (χ3n) is 5.51. The van der Waals surface area contributed by atoms with E-state index in [0.29, 0.717) is 12.0 Å². The van der Waals surface area contributed by atoms with E-state index < -0.39 is 0 Å². The summed E-state index contributed by atoms with van der Waals surface area (Å²) in [6.45, 7) is 0.995. The largest absolute Gasteiger partial charge is 0.314 e. The van der Waals surface area contributed by atoms with Crippen molar-refractivity contribution < 1.29 is 4.92 Å². The van der Waals surface area contributed by atoms with Gasteiger partial charge in [0.15, 0.2) is 0 Å². The molecule has 2 atom stereocenters. The number of rotatable bonds is 6. The summed E-state index contributed by atoms with van der Waals surface area (Å²) in [5, 5.41) is 22.2. The average molecular weight is 376 g/mol. The number of aromatic nitrogens is 2. The van der Waals surface area contributed by atoms with Gasteiger partial charge in [-0.25, -0.2) is 0 Å². The van der Waals surface area contributed by atoms with Crippen LogP contribution in [0.25, 0.3) is 11.3 Å². The van der Waals surface area contributed by atoms with Crippen LogP contribution >= 0.6 is 0 Å². The number of aromatic amines is 1. The third kappa shape index (κ3) is 4.28. The van der Waals surface area contributed by atoms with Gasteiger partial charge in [-0.2, -0.15) is 5.10 Å². The first-order chi connectivity index (χ1) is 13.7. The molecule has 6 nitrogen and oxygen atoms in total. The first kappa shape index (κ1) is 18.4. The Bertz CT molecular complexity index is 938. The van der Waals surface area contributed by atoms with Gasteiger partial charge in [0.25, 0.3) is 5.69 Å². The maximum absolute atomic E-state index is 11.0. The Morgan fingerprint density at radius 2 is 1.96 bits per heavy atom. The minimum absolute atomic E-state index is 0.0879. The number of nitro groups is 1. The van der Waals surface area contributed by atoms with Crippen molar-refractivity contribution in [2.75, 3.05) is 6.54 Å². The quantitative estimate of drug-likeness (QED) is 0.492. The number of aryl methyl sites for hydroxylation is 1. The number of non-ortho nitro benzene ring substituents is 1. The van der Waals surface area contributed by atoms with Gasteiger partial charge < -0.3 is 5.32 Å². The van der Waals surface area contributed by atoms with Crippen LogP contribution in [0.1, 0.15) is 36.4 Å². The monoisotopic (exact) mass is 376 g/mol. The standard InChI is InChI=1S/C22H24N4O2/c27-26(28)20-8-4-7-17(14-20)21-15-22(25-24-21)18-11-12-23-19(13-18)10-9-16-5-2-1-3-6-16/h1-8,14-15,18-19,23H,9-13H2,(H,24,25). The molecule has 4 rings (SSSR count). The lowest BCUT2D eigenvalue weighted by molar-refractivity contribution is -0.384. The van der Waals surface area contributed by atoms with Crippen LogP contribution in [-0.4, -0.2) is 27.7 Å². The molecule has 0 amide bonds. The van der Waals surface area contributed by atoms with E-state index in [-0.39, 0.29) is 10.6 Å². The molecule has 2 heterocycles. The lowest BCUT2D eigenvalue weighted by Gasteiger charge is -2.29. The SMILES string of the molecule is O=[N+]([O-])c1cccc(-c2cc(C3CCNC(CCc4ccccc4)C3)[nH]n2)c1. The summed E-state index contributed by atoms with van der Waals surface area (Å²) in [6, 6.07) is 19.8. The summed E-state index contributed by atoms with van der Waals surface area (Å²) < 4.78 is 0. The average Bonchev–Trinajstić information content (AvgIpc) is 3.24. The van der Waals surface area contributed by atoms with Gasteiger partial charge in [-0.15, -0.1) is 0 Å². The first-order valence-electron chi connectivity index (χ1n) is 9.76. The molecular formula is C22H24N4O2. The van der Waals surface area contributed by atoms with Crippen LogP contribution in [0.3, 0.4) is 0 Å². The Labute approximate surface area is 164 Å². The Balaban J connectivity index is 1.42. The number of nitro benzene ring substituents is 1. The number of benzene rings is 2. The molecule has 1 aliphatic rings. The minimum atomic E-state index is -0.374. The molecule has 0 radical (unpaired) electrons. The van der Waals surface area contributed by atoms with Crippen molar-refractivity contribution in [2.24, 2.45) is 0 Å². The number of nitrogens with one attached hydrogen (secondary N) is 2. The maximum Gasteiger partial charge on any atom is 0.270 e. The second-order valence-electron chi connectivity index (χ2n) is 7.41. The van der Waals surface area contributed by atoms with E-state index in [1.165, 1.54) is 11.6 Å². The smallest absolute Gasteiger partial charge is 0.270 e. The lowest BCUT2D eigenvalue weighted by atomic mass is 9.87. The summed E-state index contributed by atoms with van der Waals surface area (Å²) >= 11 is 0. The zero-order valence-electron chi connectivity index (χ0n) is 15.7. The van der Waals surface area contributed by atoms with Gasteiger partial charge in [0.1, 0.15) is 0 Å². The zero-order valence-corrected chi connectivity index (χ0v) is 15.7. The Morgan fingerprint density at radius 3 is 2.79 bits per heavy atom. The first-order valence-corrected chi connectivity index (χ1v) is 9.76. The molecular weight excluding hydrogens is 352 g/mol. The maximum atomic E-state index is 11.0. The molecule has 1 aliphatic heterocycles. The van der Waals surface area contributed by atoms with E-state index >= 15 is 0 Å². The van der Waals surface area contributed by atoms with Crippen molar-refractivity contribution in [2.45, 2.75) is 37.6 Å². The highest BCUT2D eigenvalue weighted by Gasteiger charge is 2.24. The molecule has 2 aromatic carbocycles. The van der Waals surface area contributed by atoms with Crippen molar-refractivity contribution in [3.05, 3.63) is 82.0 Å². The van der Waals surface area contributed by atoms with Gasteiger partial charge in [0, 0.05) is 35.3 Å². The minimum Gasteiger partial charge on any atom is -0.314 e. The normalized spacial score (nSPS) is 19.4. The van der Waals surface area contributed by atoms with Crippen molar-refractivity contribution >= 4 is 5.69 Å². The number of H-pyrrole nitrogens is 1. The van der Waals surface area contributed by atoms with Crippen LogP contribution in [0.5, 0.6) is 0 Å². The summed E-state index contributed by atoms with van der Waals surface area (Å²) in [5.74, 6) is 0.432. The number of nitrogens with zero attached hydrogens (tertiary/aromatic N) is 2. The molecule has 3 aromatic rings. The highest BCUT2D eigenvalue weighted by molar-refractivity contribution is 5.62. The van der Waals surface area contributed by atoms with Crippen LogP contribution in [0.4, 0.5) is 5.69 Å². The van der Waals surface area contributed by atoms with E-state index in [4.69, 9.17) is 0 Å². The summed E-state index contributed by atoms with van der Waals surface area (Å²) in [6.07, 6.45) is 4.33. The van der Waals surface area contributed by atoms with Crippen LogP contribution in [-0.2, 0) is 6.42 Å². The van der Waals surface area contributed by atoms with Crippen LogP contribution in [0.2, 0.25) is 0 Å². The molecule has 6 heteroatoms. The van der Waals surface area contributed by atoms with E-state index in [0.717, 1.165) is 49.2 Å². The van der Waals surface area contributed by atoms with E-state index in [1.54, 1.807) is 12.1 Å². The fraction of sp³-hybridized carbons (Fsp3) is 0.318. The van der Waals surface area contributed by atoms with Crippen LogP contribution in [0, 0.1) is 10.1 Å². The summed E-state index contributed by atoms with van der Waals surface area (Å²) in [4.78, 5) is 10.6. The highest BCUT2D eigenvalue weighted by Crippen LogP contribution is 2.31. The molecule has 28 heavy (non-hydrogen) atoms. The van der Waals surface area contributed by atoms with Crippen molar-refractivity contribution in [1.29, 1.82) is 0 Å². The Kier molecular flexibility index (Phi) is 5.48. The van der Waals surface area contributed by atoms with Crippen molar-refractivity contribution in [3.8, 4) is 11.3 Å². The van der Waals surface area contributed by atoms with E-state index in [2.05, 4.69) is 45.8 Å². The van der Waals surface area contributed by atoms with Crippen LogP contribution < -0.4 is 5.32 Å². The van der Waals surface area contributed by atoms with Crippen molar-refractivity contribution in [1.82, 2.24) is 15.5 Å². The molecule has 0 spiro atoms. The molecule has 1 fully saturated rings. The molecule has 2 unspecified atom stereocenters. The summed E-state index contributed by atoms with van der Waals surface area (Å²) in [5.41, 5.74) is 4.11. The topological polar surface area (TPSA) is 83.9 Å². The number of hydrogen-bond donors (Lipinski definition) is 2. The van der Waals surface area contributed by atoms with Gasteiger partial charge in [-0.1, -0.05) is 42.5 Å². The Morgan fingerprint density at radius 1 is 1.11 bits per heavy atom. The fourth-order valence-electron chi connectivity index (χ4n) is 3.97. The molecule has 0 saturated carbocycles. The van der Waals surface area contributed by atoms with E-state index in [1.807, 2.05) is 12.1 Å². The van der Waals surface area contributed by atoms with Crippen LogP contribution in [0.15, 0.2) is 60.7 Å². The van der Waals surface area contributed by atoms with E-state index in [9.17, 15) is 10.1 Å². The second kappa shape index (κ2) is 8.35. The van der Waals surface area contributed by atoms with Gasteiger partial charge in [-0.05, 0) is 43.9 Å². The van der Waals surface area contributed by atoms with Gasteiger partial charge >= 0.3 is 0 Å². The Hall–Kier alpha value is -2.99. The molecule has 0 bridgehead atoms. The van der Waals surface area contributed by atoms with Gasteiger partial charge in [0.2, 0.25) is 0 Å². The fourth-order valence-corrected chi connectivity index (χ4v) is 3.97. The second-order valence-corrected chi connectivity index (χ2v) is 7.41. The van der Waals surface area contributed by atoms with Gasteiger partial charge in [0.05, 0.1) is 10.6 Å². The third-order valence-corrected chi connectivity index (χ3v) is 5.51. The summed E-state index contributed by atoms with van der Waals surface area (Å²) in [7, 11) is 0. The molecule has 0 aliphatic carbocycles. The molecule has 144 valence electrons. The number of piperidine rings is 1. The zero-order chi connectivity index (χ0) is 19.3. The molecule has 1 saturated heterocycles. The molecule has 2 N–H and O–H groups in total. The number of hydrogen-bond acceptors (Lipinski definition) is 4. The molecule has 1 aromatic heterocycles. The van der Waals surface area contributed by atoms with Crippen molar-refractivity contribution in [3.63, 3.8) is 0 Å². The predicted octanol–water partition coefficient (Wildman–Crippen LogP) is 4.45.